The number of esters is 1. The van der Waals surface area contributed by atoms with Gasteiger partial charge in [0.1, 0.15) is 41.7 Å². The Labute approximate surface area is 262 Å². The average Bonchev–Trinajstić information content (AvgIpc) is 3.41. The molecular formula is C37H37NO7. The molecule has 0 amide bonds. The Kier molecular flexibility index (Phi) is 9.54. The number of ether oxygens (including phenoxy) is 3. The fraction of sp³-hybridized carbons (Fsp3) is 0.243. The SMILES string of the molecule is CC(C)(C)OC(=O)Cc1ccccc1OCc1cc2cc(COc3ccccc3CC(=O)O)cc(-c3cccc(CN)c3)c2o1. The highest BCUT2D eigenvalue weighted by molar-refractivity contribution is 5.93. The molecule has 45 heavy (non-hydrogen) atoms. The molecule has 1 aromatic heterocycles. The van der Waals surface area contributed by atoms with Gasteiger partial charge in [-0.2, -0.15) is 0 Å². The second-order valence-electron chi connectivity index (χ2n) is 11.8. The van der Waals surface area contributed by atoms with Crippen molar-refractivity contribution in [3.63, 3.8) is 0 Å². The predicted molar refractivity (Wildman–Crippen MR) is 172 cm³/mol. The van der Waals surface area contributed by atoms with Crippen molar-refractivity contribution in [1.82, 2.24) is 0 Å². The molecule has 8 heteroatoms. The van der Waals surface area contributed by atoms with Gasteiger partial charge in [0, 0.05) is 28.6 Å². The highest BCUT2D eigenvalue weighted by atomic mass is 16.6. The van der Waals surface area contributed by atoms with E-state index in [-0.39, 0.29) is 32.0 Å². The van der Waals surface area contributed by atoms with Crippen molar-refractivity contribution in [1.29, 1.82) is 0 Å². The number of hydrogen-bond donors (Lipinski definition) is 2. The van der Waals surface area contributed by atoms with E-state index in [1.165, 1.54) is 0 Å². The maximum Gasteiger partial charge on any atom is 0.310 e. The Hall–Kier alpha value is -5.08. The summed E-state index contributed by atoms with van der Waals surface area (Å²) in [6.45, 7) is 6.30. The standard InChI is InChI=1S/C37H37NO7/c1-37(2,3)45-35(41)20-28-11-5-7-14-33(28)43-23-30-18-29-16-25(22-42-32-13-6-4-10-27(32)19-34(39)40)17-31(36(29)44-30)26-12-8-9-24(15-26)21-38/h4-18H,19-23,38H2,1-3H3,(H,39,40). The van der Waals surface area contributed by atoms with E-state index in [1.807, 2.05) is 93.6 Å². The molecule has 0 radical (unpaired) electrons. The lowest BCUT2D eigenvalue weighted by Gasteiger charge is -2.20. The summed E-state index contributed by atoms with van der Waals surface area (Å²) in [6, 6.07) is 28.5. The number of furan rings is 1. The molecule has 0 saturated carbocycles. The summed E-state index contributed by atoms with van der Waals surface area (Å²) in [4.78, 5) is 23.8. The number of carbonyl (C=O) groups is 2. The number of para-hydroxylation sites is 2. The first-order chi connectivity index (χ1) is 21.6. The molecule has 8 nitrogen and oxygen atoms in total. The molecule has 4 aromatic carbocycles. The van der Waals surface area contributed by atoms with Gasteiger partial charge in [0.2, 0.25) is 0 Å². The minimum atomic E-state index is -0.921. The van der Waals surface area contributed by atoms with E-state index < -0.39 is 11.6 Å². The van der Waals surface area contributed by atoms with Crippen LogP contribution in [-0.4, -0.2) is 22.6 Å². The Morgan fingerprint density at radius 3 is 2.11 bits per heavy atom. The second-order valence-corrected chi connectivity index (χ2v) is 11.8. The zero-order chi connectivity index (χ0) is 32.0. The van der Waals surface area contributed by atoms with Gasteiger partial charge in [0.15, 0.2) is 0 Å². The van der Waals surface area contributed by atoms with Gasteiger partial charge >= 0.3 is 11.9 Å². The highest BCUT2D eigenvalue weighted by Gasteiger charge is 2.19. The van der Waals surface area contributed by atoms with Gasteiger partial charge in [-0.3, -0.25) is 9.59 Å². The highest BCUT2D eigenvalue weighted by Crippen LogP contribution is 2.34. The summed E-state index contributed by atoms with van der Waals surface area (Å²) in [5, 5.41) is 10.2. The predicted octanol–water partition coefficient (Wildman–Crippen LogP) is 7.23. The van der Waals surface area contributed by atoms with E-state index >= 15 is 0 Å². The van der Waals surface area contributed by atoms with Crippen LogP contribution in [0.1, 0.15) is 48.8 Å². The fourth-order valence-corrected chi connectivity index (χ4v) is 5.09. The third kappa shape index (κ3) is 8.31. The van der Waals surface area contributed by atoms with E-state index in [1.54, 1.807) is 18.2 Å². The van der Waals surface area contributed by atoms with Crippen molar-refractivity contribution in [2.45, 2.75) is 59.0 Å². The number of aliphatic carboxylic acids is 1. The third-order valence-corrected chi connectivity index (χ3v) is 7.01. The van der Waals surface area contributed by atoms with E-state index in [4.69, 9.17) is 24.4 Å². The molecule has 0 aliphatic heterocycles. The number of benzene rings is 4. The van der Waals surface area contributed by atoms with E-state index in [0.717, 1.165) is 33.2 Å². The normalized spacial score (nSPS) is 11.4. The quantitative estimate of drug-likeness (QED) is 0.143. The number of fused-ring (bicyclic) bond motifs is 1. The first-order valence-corrected chi connectivity index (χ1v) is 14.8. The molecule has 0 aliphatic rings. The summed E-state index contributed by atoms with van der Waals surface area (Å²) >= 11 is 0. The molecule has 0 saturated heterocycles. The lowest BCUT2D eigenvalue weighted by molar-refractivity contribution is -0.154. The Morgan fingerprint density at radius 1 is 0.778 bits per heavy atom. The number of carboxylic acids is 1. The average molecular weight is 608 g/mol. The van der Waals surface area contributed by atoms with Crippen molar-refractivity contribution in [2.75, 3.05) is 0 Å². The van der Waals surface area contributed by atoms with Gasteiger partial charge in [0.25, 0.3) is 0 Å². The Balaban J connectivity index is 1.43. The molecule has 5 rings (SSSR count). The molecule has 0 aliphatic carbocycles. The number of nitrogens with two attached hydrogens (primary N) is 1. The summed E-state index contributed by atoms with van der Waals surface area (Å²) in [7, 11) is 0. The van der Waals surface area contributed by atoms with Crippen molar-refractivity contribution >= 4 is 22.9 Å². The first-order valence-electron chi connectivity index (χ1n) is 14.8. The molecule has 5 aromatic rings. The van der Waals surface area contributed by atoms with Gasteiger partial charge in [-0.25, -0.2) is 0 Å². The topological polar surface area (TPSA) is 121 Å². The van der Waals surface area contributed by atoms with E-state index in [0.29, 0.717) is 35.0 Å². The number of carboxylic acid groups (broad SMARTS) is 1. The van der Waals surface area contributed by atoms with Crippen LogP contribution >= 0.6 is 0 Å². The molecule has 0 spiro atoms. The van der Waals surface area contributed by atoms with Crippen molar-refractivity contribution < 1.29 is 33.3 Å². The van der Waals surface area contributed by atoms with Crippen LogP contribution in [0.2, 0.25) is 0 Å². The van der Waals surface area contributed by atoms with Gasteiger partial charge in [-0.05, 0) is 73.9 Å². The zero-order valence-corrected chi connectivity index (χ0v) is 25.7. The van der Waals surface area contributed by atoms with Crippen molar-refractivity contribution in [3.05, 3.63) is 119 Å². The number of carbonyl (C=O) groups excluding carboxylic acids is 1. The molecule has 0 bridgehead atoms. The van der Waals surface area contributed by atoms with Gasteiger partial charge in [-0.1, -0.05) is 54.6 Å². The van der Waals surface area contributed by atoms with Crippen molar-refractivity contribution in [3.8, 4) is 22.6 Å². The minimum absolute atomic E-state index is 0.0914. The molecule has 0 atom stereocenters. The molecular weight excluding hydrogens is 570 g/mol. The molecule has 232 valence electrons. The maximum atomic E-state index is 12.5. The Morgan fingerprint density at radius 2 is 1.44 bits per heavy atom. The van der Waals surface area contributed by atoms with Crippen LogP contribution < -0.4 is 15.2 Å². The summed E-state index contributed by atoms with van der Waals surface area (Å²) < 4.78 is 24.1. The maximum absolute atomic E-state index is 12.5. The zero-order valence-electron chi connectivity index (χ0n) is 25.7. The first kappa shape index (κ1) is 31.3. The number of hydrogen-bond acceptors (Lipinski definition) is 7. The van der Waals surface area contributed by atoms with Crippen LogP contribution in [-0.2, 0) is 46.9 Å². The van der Waals surface area contributed by atoms with Crippen LogP contribution in [0, 0.1) is 0 Å². The van der Waals surface area contributed by atoms with E-state index in [9.17, 15) is 14.7 Å². The third-order valence-electron chi connectivity index (χ3n) is 7.01. The number of rotatable bonds is 12. The van der Waals surface area contributed by atoms with Crippen LogP contribution in [0.25, 0.3) is 22.1 Å². The minimum Gasteiger partial charge on any atom is -0.489 e. The van der Waals surface area contributed by atoms with Crippen molar-refractivity contribution in [2.24, 2.45) is 5.73 Å². The van der Waals surface area contributed by atoms with Crippen LogP contribution in [0.5, 0.6) is 11.5 Å². The smallest absolute Gasteiger partial charge is 0.310 e. The fourth-order valence-electron chi connectivity index (χ4n) is 5.09. The molecule has 0 unspecified atom stereocenters. The largest absolute Gasteiger partial charge is 0.489 e. The van der Waals surface area contributed by atoms with Crippen LogP contribution in [0.3, 0.4) is 0 Å². The lowest BCUT2D eigenvalue weighted by Crippen LogP contribution is -2.25. The summed E-state index contributed by atoms with van der Waals surface area (Å²) in [5.74, 6) is 0.465. The summed E-state index contributed by atoms with van der Waals surface area (Å²) in [6.07, 6.45) is -0.0352. The van der Waals surface area contributed by atoms with E-state index in [2.05, 4.69) is 0 Å². The van der Waals surface area contributed by atoms with Gasteiger partial charge in [-0.15, -0.1) is 0 Å². The lowest BCUT2D eigenvalue weighted by atomic mass is 9.99. The van der Waals surface area contributed by atoms with Gasteiger partial charge in [0.05, 0.1) is 12.8 Å². The van der Waals surface area contributed by atoms with Crippen LogP contribution in [0.15, 0.2) is 95.4 Å². The molecule has 1 heterocycles. The molecule has 3 N–H and O–H groups in total. The van der Waals surface area contributed by atoms with Crippen LogP contribution in [0.4, 0.5) is 0 Å². The Bertz CT molecular complexity index is 1820. The summed E-state index contributed by atoms with van der Waals surface area (Å²) in [5.41, 5.74) is 11.1. The monoisotopic (exact) mass is 607 g/mol. The molecule has 0 fully saturated rings. The van der Waals surface area contributed by atoms with Gasteiger partial charge < -0.3 is 29.5 Å². The second kappa shape index (κ2) is 13.7.